The van der Waals surface area contributed by atoms with Crippen molar-refractivity contribution in [2.45, 2.75) is 40.5 Å². The van der Waals surface area contributed by atoms with Crippen LogP contribution in [0.1, 0.15) is 61.4 Å². The number of benzene rings is 2. The Hall–Kier alpha value is -5.62. The van der Waals surface area contributed by atoms with Gasteiger partial charge in [-0.05, 0) is 91.7 Å². The van der Waals surface area contributed by atoms with E-state index in [1.807, 2.05) is 62.4 Å². The van der Waals surface area contributed by atoms with Crippen LogP contribution in [0.4, 0.5) is 5.13 Å². The van der Waals surface area contributed by atoms with E-state index < -0.39 is 0 Å². The third-order valence-electron chi connectivity index (χ3n) is 8.48. The Bertz CT molecular complexity index is 2620. The highest BCUT2D eigenvalue weighted by Crippen LogP contribution is 2.29. The van der Waals surface area contributed by atoms with Crippen LogP contribution in [0.3, 0.4) is 0 Å². The lowest BCUT2D eigenvalue weighted by atomic mass is 10.0. The van der Waals surface area contributed by atoms with Gasteiger partial charge in [0.2, 0.25) is 23.6 Å². The van der Waals surface area contributed by atoms with Crippen molar-refractivity contribution in [1.29, 1.82) is 0 Å². The molecule has 14 nitrogen and oxygen atoms in total. The number of amides is 2. The van der Waals surface area contributed by atoms with Crippen LogP contribution in [0.15, 0.2) is 68.5 Å². The van der Waals surface area contributed by atoms with Gasteiger partial charge >= 0.3 is 0 Å². The van der Waals surface area contributed by atoms with E-state index in [0.717, 1.165) is 54.2 Å². The van der Waals surface area contributed by atoms with E-state index >= 15 is 0 Å². The molecular formula is C40H41N7O7S3. The molecule has 4 N–H and O–H groups in total. The zero-order valence-corrected chi connectivity index (χ0v) is 34.1. The summed E-state index contributed by atoms with van der Waals surface area (Å²) in [6, 6.07) is 11.3. The lowest BCUT2D eigenvalue weighted by Crippen LogP contribution is -2.22. The van der Waals surface area contributed by atoms with E-state index in [-0.39, 0.29) is 23.6 Å². The van der Waals surface area contributed by atoms with E-state index in [1.54, 1.807) is 12.2 Å². The summed E-state index contributed by atoms with van der Waals surface area (Å²) >= 11 is 7.74. The maximum absolute atomic E-state index is 11.4. The van der Waals surface area contributed by atoms with Crippen molar-refractivity contribution in [3.8, 4) is 11.8 Å². The number of amidine groups is 2. The summed E-state index contributed by atoms with van der Waals surface area (Å²) in [5.74, 6) is 1.85. The summed E-state index contributed by atoms with van der Waals surface area (Å²) in [5, 5.41) is 27.3. The maximum Gasteiger partial charge on any atom is 0.244 e. The van der Waals surface area contributed by atoms with Crippen LogP contribution in [0, 0.1) is 9.87 Å². The van der Waals surface area contributed by atoms with Crippen molar-refractivity contribution < 1.29 is 34.0 Å². The number of hydrogen-bond donors (Lipinski definition) is 4. The van der Waals surface area contributed by atoms with Gasteiger partial charge in [-0.3, -0.25) is 9.59 Å². The Morgan fingerprint density at radius 1 is 0.895 bits per heavy atom. The maximum atomic E-state index is 11.4. The molecule has 0 spiro atoms. The minimum Gasteiger partial charge on any atom is -0.494 e. The molecule has 296 valence electrons. The van der Waals surface area contributed by atoms with Gasteiger partial charge in [0.15, 0.2) is 20.8 Å². The summed E-state index contributed by atoms with van der Waals surface area (Å²) in [6.45, 7) is 9.93. The largest absolute Gasteiger partial charge is 0.494 e. The second-order valence-electron chi connectivity index (χ2n) is 12.8. The van der Waals surface area contributed by atoms with Gasteiger partial charge in [0.05, 0.1) is 33.7 Å². The second-order valence-corrected chi connectivity index (χ2v) is 15.5. The first-order valence-electron chi connectivity index (χ1n) is 18.2. The molecule has 57 heavy (non-hydrogen) atoms. The van der Waals surface area contributed by atoms with Crippen molar-refractivity contribution in [2.24, 2.45) is 25.9 Å². The normalized spacial score (nSPS) is 17.0. The molecule has 3 aliphatic heterocycles. The molecule has 2 aromatic heterocycles. The third kappa shape index (κ3) is 11.0. The standard InChI is InChI=1S/C23H26N4O4S.C17H15N3O3S2/c1-3-31-19-12-21(25-14(2)28)26-18-5-4-16(10-17(18)19)11-20-22(29)27-23(32-20)24-13-15-6-8-30-9-7-15;1-3-23-13-8-15(18-9(2)21)19-12-5-4-10(6-11(12)13)7-14-16(22)20-17(24)25-14/h4-5,10-12,15,29H,3,6-9,13H2,1-2H3,(H,24,27);4-8,22H,3H2,1-2H3,(H,20,24). The third-order valence-corrected chi connectivity index (χ3v) is 10.6. The van der Waals surface area contributed by atoms with Gasteiger partial charge in [0.25, 0.3) is 0 Å². The quantitative estimate of drug-likeness (QED) is 0.171. The number of aromatic amines is 1. The van der Waals surface area contributed by atoms with Crippen molar-refractivity contribution in [1.82, 2.24) is 9.97 Å². The highest BCUT2D eigenvalue weighted by molar-refractivity contribution is 7.73. The fraction of sp³-hybridized carbons (Fsp3) is 0.300. The van der Waals surface area contributed by atoms with Crippen molar-refractivity contribution >= 4 is 87.2 Å². The van der Waals surface area contributed by atoms with Crippen LogP contribution in [0.5, 0.6) is 11.8 Å². The lowest BCUT2D eigenvalue weighted by molar-refractivity contribution is -0.116. The number of aromatic hydroxyl groups is 2. The number of H-pyrrole nitrogens is 1. The summed E-state index contributed by atoms with van der Waals surface area (Å²) < 4.78 is 17.4. The Morgan fingerprint density at radius 2 is 1.44 bits per heavy atom. The van der Waals surface area contributed by atoms with Crippen LogP contribution >= 0.6 is 34.9 Å². The molecule has 17 heteroatoms. The molecule has 0 aliphatic carbocycles. The Kier molecular flexibility index (Phi) is 13.7. The molecule has 0 radical (unpaired) electrons. The molecule has 7 rings (SSSR count). The molecule has 0 saturated carbocycles. The first-order valence-corrected chi connectivity index (χ1v) is 20.2. The smallest absolute Gasteiger partial charge is 0.244 e. The zero-order chi connectivity index (χ0) is 40.5. The Morgan fingerprint density at radius 3 is 1.93 bits per heavy atom. The molecular weight excluding hydrogens is 787 g/mol. The number of hydrogen-bond acceptors (Lipinski definition) is 12. The Labute approximate surface area is 340 Å². The molecule has 5 heterocycles. The van der Waals surface area contributed by atoms with E-state index in [0.29, 0.717) is 71.9 Å². The van der Waals surface area contributed by atoms with Gasteiger partial charge in [-0.2, -0.15) is 15.0 Å². The minimum atomic E-state index is -0.316. The van der Waals surface area contributed by atoms with Crippen LogP contribution in [0.2, 0.25) is 0 Å². The number of ether oxygens (including phenoxy) is 3. The SMILES string of the molecule is CCOC1=CC(=NC(C)=O)N=c2ccc(=Cc3sc(=S)[nH]c3O)cc21.CCOC1=CC(=NC(C)=O)N=c2ccc(=Cc3sc(NCC4CCOCC4)nc3O)cc21. The fourth-order valence-corrected chi connectivity index (χ4v) is 7.86. The Balaban J connectivity index is 0.000000199. The lowest BCUT2D eigenvalue weighted by Gasteiger charge is -2.21. The van der Waals surface area contributed by atoms with Crippen LogP contribution in [0.25, 0.3) is 23.7 Å². The number of fused-ring (bicyclic) bond motifs is 2. The number of nitrogens with one attached hydrogen (secondary N) is 2. The fourth-order valence-electron chi connectivity index (χ4n) is 5.97. The molecule has 1 fully saturated rings. The molecule has 2 amide bonds. The molecule has 4 aromatic rings. The predicted octanol–water partition coefficient (Wildman–Crippen LogP) is 4.77. The number of thiazole rings is 2. The number of carbonyl (C=O) groups is 2. The highest BCUT2D eigenvalue weighted by Gasteiger charge is 2.17. The summed E-state index contributed by atoms with van der Waals surface area (Å²) in [5.41, 5.74) is 1.61. The highest BCUT2D eigenvalue weighted by atomic mass is 32.1. The molecule has 1 saturated heterocycles. The van der Waals surface area contributed by atoms with Gasteiger partial charge in [-0.25, -0.2) is 9.98 Å². The first-order chi connectivity index (χ1) is 27.5. The number of nitrogens with zero attached hydrogens (tertiary/aromatic N) is 5. The van der Waals surface area contributed by atoms with Crippen LogP contribution < -0.4 is 26.5 Å². The summed E-state index contributed by atoms with van der Waals surface area (Å²) in [7, 11) is 0. The molecule has 3 aliphatic rings. The molecule has 2 aromatic carbocycles. The number of anilines is 1. The van der Waals surface area contributed by atoms with Crippen molar-refractivity contribution in [3.63, 3.8) is 0 Å². The number of aromatic nitrogens is 2. The average Bonchev–Trinajstić information content (AvgIpc) is 3.69. The van der Waals surface area contributed by atoms with E-state index in [4.69, 9.17) is 26.4 Å². The van der Waals surface area contributed by atoms with Gasteiger partial charge < -0.3 is 34.7 Å². The van der Waals surface area contributed by atoms with Crippen LogP contribution in [-0.2, 0) is 23.8 Å². The van der Waals surface area contributed by atoms with E-state index in [1.165, 1.54) is 36.5 Å². The molecule has 0 bridgehead atoms. The van der Waals surface area contributed by atoms with Crippen molar-refractivity contribution in [3.05, 3.63) is 94.5 Å². The minimum absolute atomic E-state index is 0.00309. The monoisotopic (exact) mass is 827 g/mol. The second kappa shape index (κ2) is 19.0. The molecule has 0 unspecified atom stereocenters. The topological polar surface area (TPSA) is 192 Å². The van der Waals surface area contributed by atoms with E-state index in [9.17, 15) is 19.8 Å². The summed E-state index contributed by atoms with van der Waals surface area (Å²) in [6.07, 6.45) is 9.11. The van der Waals surface area contributed by atoms with Gasteiger partial charge in [-0.15, -0.1) is 11.3 Å². The van der Waals surface area contributed by atoms with Crippen LogP contribution in [-0.4, -0.2) is 76.6 Å². The van der Waals surface area contributed by atoms with E-state index in [2.05, 4.69) is 35.3 Å². The van der Waals surface area contributed by atoms with Gasteiger partial charge in [-0.1, -0.05) is 23.5 Å². The first kappa shape index (κ1) is 41.0. The number of aliphatic imine (C=N–C) groups is 2. The average molecular weight is 828 g/mol. The van der Waals surface area contributed by atoms with Crippen molar-refractivity contribution in [2.75, 3.05) is 38.3 Å². The molecule has 0 atom stereocenters. The zero-order valence-electron chi connectivity index (χ0n) is 31.7. The number of carbonyl (C=O) groups excluding carboxylic acids is 2. The predicted molar refractivity (Wildman–Crippen MR) is 224 cm³/mol. The van der Waals surface area contributed by atoms with Gasteiger partial charge in [0.1, 0.15) is 11.5 Å². The number of rotatable bonds is 9. The summed E-state index contributed by atoms with van der Waals surface area (Å²) in [4.78, 5) is 47.5. The van der Waals surface area contributed by atoms with Gasteiger partial charge in [0, 0.05) is 56.9 Å².